The highest BCUT2D eigenvalue weighted by molar-refractivity contribution is 6.30. The molecule has 0 unspecified atom stereocenters. The first kappa shape index (κ1) is 12.8. The van der Waals surface area contributed by atoms with E-state index in [-0.39, 0.29) is 0 Å². The summed E-state index contributed by atoms with van der Waals surface area (Å²) in [6, 6.07) is 13.0. The van der Waals surface area contributed by atoms with Crippen LogP contribution in [0.3, 0.4) is 0 Å². The van der Waals surface area contributed by atoms with Crippen molar-refractivity contribution in [1.82, 2.24) is 4.57 Å². The van der Waals surface area contributed by atoms with Gasteiger partial charge in [0.25, 0.3) is 0 Å². The fraction of sp³-hybridized carbons (Fsp3) is 0.0625. The number of fused-ring (bicyclic) bond motifs is 1. The van der Waals surface area contributed by atoms with Crippen LogP contribution in [0.2, 0.25) is 5.02 Å². The summed E-state index contributed by atoms with van der Waals surface area (Å²) in [5, 5.41) is 10.7. The van der Waals surface area contributed by atoms with Gasteiger partial charge in [-0.1, -0.05) is 29.8 Å². The third-order valence-corrected chi connectivity index (χ3v) is 3.60. The number of halogens is 1. The second-order valence-electron chi connectivity index (χ2n) is 4.67. The lowest BCUT2D eigenvalue weighted by Gasteiger charge is -2.09. The first-order valence-electron chi connectivity index (χ1n) is 6.18. The van der Waals surface area contributed by atoms with Crippen LogP contribution in [-0.2, 0) is 0 Å². The minimum Gasteiger partial charge on any atom is -0.478 e. The van der Waals surface area contributed by atoms with Crippen LogP contribution in [0.4, 0.5) is 0 Å². The molecule has 1 aromatic heterocycles. The Labute approximate surface area is 121 Å². The minimum atomic E-state index is -0.924. The SMILES string of the molecule is Cc1cc(Cl)ccc1-n1cc(C(=O)O)c2ccccc21. The van der Waals surface area contributed by atoms with E-state index in [1.165, 1.54) is 0 Å². The molecule has 0 aliphatic carbocycles. The molecule has 0 radical (unpaired) electrons. The molecule has 0 amide bonds. The third kappa shape index (κ3) is 1.96. The molecule has 1 N–H and O–H groups in total. The van der Waals surface area contributed by atoms with Crippen LogP contribution in [0.15, 0.2) is 48.7 Å². The number of rotatable bonds is 2. The summed E-state index contributed by atoms with van der Waals surface area (Å²) < 4.78 is 1.89. The number of nitrogens with zero attached hydrogens (tertiary/aromatic N) is 1. The molecule has 2 aromatic carbocycles. The number of carboxylic acids is 1. The summed E-state index contributed by atoms with van der Waals surface area (Å²) in [5.41, 5.74) is 3.10. The van der Waals surface area contributed by atoms with Gasteiger partial charge in [0.15, 0.2) is 0 Å². The Hall–Kier alpha value is -2.26. The van der Waals surface area contributed by atoms with Gasteiger partial charge in [-0.05, 0) is 36.8 Å². The number of para-hydroxylation sites is 1. The third-order valence-electron chi connectivity index (χ3n) is 3.36. The molecule has 0 atom stereocenters. The molecule has 4 heteroatoms. The Morgan fingerprint density at radius 2 is 1.95 bits per heavy atom. The molecule has 100 valence electrons. The van der Waals surface area contributed by atoms with Gasteiger partial charge >= 0.3 is 5.97 Å². The second kappa shape index (κ2) is 4.69. The fourth-order valence-corrected chi connectivity index (χ4v) is 2.67. The number of aromatic nitrogens is 1. The van der Waals surface area contributed by atoms with E-state index in [4.69, 9.17) is 11.6 Å². The first-order valence-corrected chi connectivity index (χ1v) is 6.55. The number of benzene rings is 2. The molecular formula is C16H12ClNO2. The molecular weight excluding hydrogens is 274 g/mol. The van der Waals surface area contributed by atoms with E-state index in [0.29, 0.717) is 10.6 Å². The normalized spacial score (nSPS) is 10.9. The standard InChI is InChI=1S/C16H12ClNO2/c1-10-8-11(17)6-7-14(10)18-9-13(16(19)20)12-4-2-3-5-15(12)18/h2-9H,1H3,(H,19,20). The molecule has 1 heterocycles. The van der Waals surface area contributed by atoms with Crippen molar-refractivity contribution in [2.75, 3.05) is 0 Å². The van der Waals surface area contributed by atoms with E-state index in [9.17, 15) is 9.90 Å². The fourth-order valence-electron chi connectivity index (χ4n) is 2.44. The van der Waals surface area contributed by atoms with Gasteiger partial charge in [0, 0.05) is 22.3 Å². The number of carboxylic acid groups (broad SMARTS) is 1. The lowest BCUT2D eigenvalue weighted by Crippen LogP contribution is -1.96. The Morgan fingerprint density at radius 1 is 1.20 bits per heavy atom. The van der Waals surface area contributed by atoms with E-state index in [0.717, 1.165) is 22.2 Å². The van der Waals surface area contributed by atoms with Crippen molar-refractivity contribution in [3.05, 3.63) is 64.8 Å². The molecule has 3 rings (SSSR count). The predicted molar refractivity (Wildman–Crippen MR) is 80.0 cm³/mol. The summed E-state index contributed by atoms with van der Waals surface area (Å²) in [6.07, 6.45) is 1.66. The quantitative estimate of drug-likeness (QED) is 0.763. The maximum absolute atomic E-state index is 11.4. The summed E-state index contributed by atoms with van der Waals surface area (Å²) >= 11 is 5.97. The molecule has 0 saturated heterocycles. The smallest absolute Gasteiger partial charge is 0.337 e. The topological polar surface area (TPSA) is 42.2 Å². The zero-order valence-electron chi connectivity index (χ0n) is 10.8. The zero-order chi connectivity index (χ0) is 14.3. The Balaban J connectivity index is 2.34. The monoisotopic (exact) mass is 285 g/mol. The van der Waals surface area contributed by atoms with Gasteiger partial charge in [0.05, 0.1) is 11.1 Å². The summed E-state index contributed by atoms with van der Waals surface area (Å²) in [6.45, 7) is 1.95. The molecule has 0 saturated carbocycles. The van der Waals surface area contributed by atoms with Crippen LogP contribution in [0.1, 0.15) is 15.9 Å². The molecule has 0 aliphatic rings. The van der Waals surface area contributed by atoms with Crippen molar-refractivity contribution < 1.29 is 9.90 Å². The van der Waals surface area contributed by atoms with Crippen molar-refractivity contribution >= 4 is 28.5 Å². The van der Waals surface area contributed by atoms with Gasteiger partial charge in [-0.25, -0.2) is 4.79 Å². The predicted octanol–water partition coefficient (Wildman–Crippen LogP) is 4.29. The second-order valence-corrected chi connectivity index (χ2v) is 5.10. The van der Waals surface area contributed by atoms with Crippen molar-refractivity contribution in [3.8, 4) is 5.69 Å². The molecule has 3 nitrogen and oxygen atoms in total. The number of aryl methyl sites for hydroxylation is 1. The highest BCUT2D eigenvalue weighted by atomic mass is 35.5. The van der Waals surface area contributed by atoms with E-state index in [2.05, 4.69) is 0 Å². The van der Waals surface area contributed by atoms with Crippen molar-refractivity contribution in [3.63, 3.8) is 0 Å². The Kier molecular flexibility index (Phi) is 2.99. The molecule has 3 aromatic rings. The van der Waals surface area contributed by atoms with Gasteiger partial charge < -0.3 is 9.67 Å². The van der Waals surface area contributed by atoms with E-state index < -0.39 is 5.97 Å². The summed E-state index contributed by atoms with van der Waals surface area (Å²) in [7, 11) is 0. The van der Waals surface area contributed by atoms with Gasteiger partial charge in [0.2, 0.25) is 0 Å². The average molecular weight is 286 g/mol. The first-order chi connectivity index (χ1) is 9.58. The van der Waals surface area contributed by atoms with Crippen LogP contribution >= 0.6 is 11.6 Å². The van der Waals surface area contributed by atoms with Gasteiger partial charge in [-0.3, -0.25) is 0 Å². The number of aromatic carboxylic acids is 1. The molecule has 0 fully saturated rings. The van der Waals surface area contributed by atoms with E-state index in [1.807, 2.05) is 47.9 Å². The highest BCUT2D eigenvalue weighted by Gasteiger charge is 2.15. The van der Waals surface area contributed by atoms with Crippen LogP contribution < -0.4 is 0 Å². The number of hydrogen-bond donors (Lipinski definition) is 1. The maximum Gasteiger partial charge on any atom is 0.337 e. The van der Waals surface area contributed by atoms with Crippen LogP contribution in [-0.4, -0.2) is 15.6 Å². The number of carbonyl (C=O) groups is 1. The van der Waals surface area contributed by atoms with Crippen molar-refractivity contribution in [1.29, 1.82) is 0 Å². The van der Waals surface area contributed by atoms with Gasteiger partial charge in [-0.2, -0.15) is 0 Å². The molecule has 20 heavy (non-hydrogen) atoms. The molecule has 0 bridgehead atoms. The minimum absolute atomic E-state index is 0.301. The maximum atomic E-state index is 11.4. The van der Waals surface area contributed by atoms with Crippen LogP contribution in [0, 0.1) is 6.92 Å². The largest absolute Gasteiger partial charge is 0.478 e. The van der Waals surface area contributed by atoms with E-state index >= 15 is 0 Å². The summed E-state index contributed by atoms with van der Waals surface area (Å²) in [4.78, 5) is 11.4. The van der Waals surface area contributed by atoms with Crippen LogP contribution in [0.25, 0.3) is 16.6 Å². The van der Waals surface area contributed by atoms with Gasteiger partial charge in [-0.15, -0.1) is 0 Å². The molecule has 0 aliphatic heterocycles. The van der Waals surface area contributed by atoms with Gasteiger partial charge in [0.1, 0.15) is 0 Å². The Bertz CT molecular complexity index is 820. The zero-order valence-corrected chi connectivity index (χ0v) is 11.6. The summed E-state index contributed by atoms with van der Waals surface area (Å²) in [5.74, 6) is -0.924. The average Bonchev–Trinajstić information content (AvgIpc) is 2.78. The van der Waals surface area contributed by atoms with E-state index in [1.54, 1.807) is 12.3 Å². The lowest BCUT2D eigenvalue weighted by atomic mass is 10.2. The van der Waals surface area contributed by atoms with Crippen molar-refractivity contribution in [2.24, 2.45) is 0 Å². The number of hydrogen-bond acceptors (Lipinski definition) is 1. The Morgan fingerprint density at radius 3 is 2.65 bits per heavy atom. The lowest BCUT2D eigenvalue weighted by molar-refractivity contribution is 0.0699. The highest BCUT2D eigenvalue weighted by Crippen LogP contribution is 2.27. The van der Waals surface area contributed by atoms with Crippen LogP contribution in [0.5, 0.6) is 0 Å². The molecule has 0 spiro atoms. The van der Waals surface area contributed by atoms with Crippen molar-refractivity contribution in [2.45, 2.75) is 6.92 Å².